The Morgan fingerprint density at radius 3 is 2.56 bits per heavy atom. The Morgan fingerprint density at radius 2 is 2.06 bits per heavy atom. The van der Waals surface area contributed by atoms with E-state index in [1.54, 1.807) is 6.92 Å². The number of esters is 1. The number of furan rings is 1. The van der Waals surface area contributed by atoms with E-state index in [2.05, 4.69) is 0 Å². The average Bonchev–Trinajstić information content (AvgIpc) is 2.74. The molecule has 1 rings (SSSR count). The van der Waals surface area contributed by atoms with Crippen molar-refractivity contribution in [2.75, 3.05) is 13.2 Å². The van der Waals surface area contributed by atoms with Crippen molar-refractivity contribution in [2.45, 2.75) is 6.92 Å². The number of carbonyl (C=O) groups excluding carboxylic acids is 1. The molecule has 1 unspecified atom stereocenters. The minimum Gasteiger partial charge on any atom is -0.475 e. The fourth-order valence-corrected chi connectivity index (χ4v) is 0.904. The smallest absolute Gasteiger partial charge is 0.374 e. The number of aliphatic hydroxyl groups is 1. The first kappa shape index (κ1) is 12.3. The first-order valence-electron chi connectivity index (χ1n) is 4.65. The zero-order valence-corrected chi connectivity index (χ0v) is 8.67. The molecular weight excluding hydrogens is 216 g/mol. The van der Waals surface area contributed by atoms with Crippen LogP contribution in [0.1, 0.15) is 28.0 Å². The molecule has 0 spiro atoms. The maximum atomic E-state index is 11.3. The van der Waals surface area contributed by atoms with Crippen LogP contribution in [0, 0.1) is 5.92 Å². The summed E-state index contributed by atoms with van der Waals surface area (Å²) in [5, 5.41) is 17.3. The fourth-order valence-electron chi connectivity index (χ4n) is 0.904. The van der Waals surface area contributed by atoms with Gasteiger partial charge < -0.3 is 19.4 Å². The highest BCUT2D eigenvalue weighted by atomic mass is 16.5. The first-order chi connectivity index (χ1) is 7.54. The van der Waals surface area contributed by atoms with E-state index in [1.807, 2.05) is 0 Å². The highest BCUT2D eigenvalue weighted by Crippen LogP contribution is 2.09. The molecule has 2 N–H and O–H groups in total. The van der Waals surface area contributed by atoms with Gasteiger partial charge in [0.05, 0.1) is 6.61 Å². The van der Waals surface area contributed by atoms with Crippen molar-refractivity contribution in [3.8, 4) is 0 Å². The number of rotatable bonds is 5. The second kappa shape index (κ2) is 5.32. The lowest BCUT2D eigenvalue weighted by atomic mass is 10.2. The summed E-state index contributed by atoms with van der Waals surface area (Å²) in [6.45, 7) is 1.67. The Hall–Kier alpha value is -1.82. The van der Waals surface area contributed by atoms with Crippen molar-refractivity contribution in [2.24, 2.45) is 5.92 Å². The minimum atomic E-state index is -1.25. The van der Waals surface area contributed by atoms with E-state index in [0.717, 1.165) is 0 Å². The molecule has 0 radical (unpaired) electrons. The lowest BCUT2D eigenvalue weighted by Crippen LogP contribution is -2.14. The topological polar surface area (TPSA) is 97.0 Å². The molecular formula is C10H12O6. The summed E-state index contributed by atoms with van der Waals surface area (Å²) in [6.07, 6.45) is 0. The Morgan fingerprint density at radius 1 is 1.44 bits per heavy atom. The molecule has 1 aromatic heterocycles. The quantitative estimate of drug-likeness (QED) is 0.722. The van der Waals surface area contributed by atoms with E-state index in [9.17, 15) is 9.59 Å². The van der Waals surface area contributed by atoms with Crippen LogP contribution in [0.4, 0.5) is 0 Å². The third-order valence-corrected chi connectivity index (χ3v) is 1.83. The standard InChI is InChI=1S/C10H12O6/c1-6(4-11)5-15-10(14)8-3-2-7(16-8)9(12)13/h2-3,6,11H,4-5H2,1H3,(H,12,13). The van der Waals surface area contributed by atoms with Gasteiger partial charge in [0.25, 0.3) is 0 Å². The number of aliphatic hydroxyl groups excluding tert-OH is 1. The van der Waals surface area contributed by atoms with E-state index >= 15 is 0 Å². The Bertz CT molecular complexity index is 380. The van der Waals surface area contributed by atoms with Crippen molar-refractivity contribution in [1.29, 1.82) is 0 Å². The average molecular weight is 228 g/mol. The van der Waals surface area contributed by atoms with E-state index in [-0.39, 0.29) is 30.7 Å². The highest BCUT2D eigenvalue weighted by molar-refractivity contribution is 5.89. The molecule has 0 aromatic carbocycles. The van der Waals surface area contributed by atoms with E-state index in [0.29, 0.717) is 0 Å². The van der Waals surface area contributed by atoms with Gasteiger partial charge in [-0.1, -0.05) is 6.92 Å². The van der Waals surface area contributed by atoms with Crippen LogP contribution in [0.2, 0.25) is 0 Å². The van der Waals surface area contributed by atoms with Gasteiger partial charge in [0, 0.05) is 12.5 Å². The molecule has 1 aromatic rings. The van der Waals surface area contributed by atoms with Crippen molar-refractivity contribution in [1.82, 2.24) is 0 Å². The van der Waals surface area contributed by atoms with Gasteiger partial charge in [-0.15, -0.1) is 0 Å². The Balaban J connectivity index is 2.56. The monoisotopic (exact) mass is 228 g/mol. The summed E-state index contributed by atoms with van der Waals surface area (Å²) in [5.74, 6) is -2.64. The number of carboxylic acid groups (broad SMARTS) is 1. The second-order valence-electron chi connectivity index (χ2n) is 3.36. The van der Waals surface area contributed by atoms with Crippen LogP contribution in [0.5, 0.6) is 0 Å². The van der Waals surface area contributed by atoms with Gasteiger partial charge >= 0.3 is 11.9 Å². The molecule has 0 bridgehead atoms. The number of carbonyl (C=O) groups is 2. The zero-order valence-electron chi connectivity index (χ0n) is 8.67. The molecule has 6 nitrogen and oxygen atoms in total. The highest BCUT2D eigenvalue weighted by Gasteiger charge is 2.16. The normalized spacial score (nSPS) is 12.1. The molecule has 6 heteroatoms. The zero-order chi connectivity index (χ0) is 12.1. The third kappa shape index (κ3) is 3.09. The minimum absolute atomic E-state index is 0.0540. The second-order valence-corrected chi connectivity index (χ2v) is 3.36. The summed E-state index contributed by atoms with van der Waals surface area (Å²) in [7, 11) is 0. The number of ether oxygens (including phenoxy) is 1. The molecule has 0 saturated carbocycles. The van der Waals surface area contributed by atoms with Crippen LogP contribution in [0.15, 0.2) is 16.5 Å². The molecule has 16 heavy (non-hydrogen) atoms. The fraction of sp³-hybridized carbons (Fsp3) is 0.400. The summed E-state index contributed by atoms with van der Waals surface area (Å²) in [6, 6.07) is 2.41. The molecule has 0 saturated heterocycles. The van der Waals surface area contributed by atoms with Gasteiger partial charge in [0.15, 0.2) is 0 Å². The summed E-state index contributed by atoms with van der Waals surface area (Å²) in [4.78, 5) is 21.8. The maximum absolute atomic E-state index is 11.3. The van der Waals surface area contributed by atoms with Gasteiger partial charge in [0.1, 0.15) is 0 Å². The van der Waals surface area contributed by atoms with Crippen molar-refractivity contribution < 1.29 is 29.0 Å². The largest absolute Gasteiger partial charge is 0.475 e. The number of aromatic carboxylic acids is 1. The van der Waals surface area contributed by atoms with Crippen molar-refractivity contribution >= 4 is 11.9 Å². The van der Waals surface area contributed by atoms with Crippen LogP contribution >= 0.6 is 0 Å². The van der Waals surface area contributed by atoms with Crippen LogP contribution < -0.4 is 0 Å². The van der Waals surface area contributed by atoms with Crippen LogP contribution in [0.3, 0.4) is 0 Å². The maximum Gasteiger partial charge on any atom is 0.374 e. The molecule has 88 valence electrons. The molecule has 0 fully saturated rings. The van der Waals surface area contributed by atoms with Gasteiger partial charge in [-0.25, -0.2) is 9.59 Å². The number of carboxylic acids is 1. The molecule has 0 aliphatic heterocycles. The number of hydrogen-bond donors (Lipinski definition) is 2. The molecule has 0 aliphatic rings. The summed E-state index contributed by atoms with van der Waals surface area (Å²) < 4.78 is 9.52. The summed E-state index contributed by atoms with van der Waals surface area (Å²) in [5.41, 5.74) is 0. The van der Waals surface area contributed by atoms with E-state index in [1.165, 1.54) is 12.1 Å². The Kier molecular flexibility index (Phi) is 4.07. The van der Waals surface area contributed by atoms with Crippen LogP contribution in [-0.4, -0.2) is 35.4 Å². The molecule has 1 heterocycles. The number of hydrogen-bond acceptors (Lipinski definition) is 5. The van der Waals surface area contributed by atoms with Gasteiger partial charge in [-0.05, 0) is 12.1 Å². The van der Waals surface area contributed by atoms with E-state index in [4.69, 9.17) is 19.4 Å². The van der Waals surface area contributed by atoms with Crippen LogP contribution in [0.25, 0.3) is 0 Å². The van der Waals surface area contributed by atoms with Gasteiger partial charge in [0.2, 0.25) is 11.5 Å². The van der Waals surface area contributed by atoms with E-state index < -0.39 is 11.9 Å². The van der Waals surface area contributed by atoms with Crippen LogP contribution in [-0.2, 0) is 4.74 Å². The molecule has 0 amide bonds. The molecule has 1 atom stereocenters. The SMILES string of the molecule is CC(CO)COC(=O)c1ccc(C(=O)O)o1. The molecule has 0 aliphatic carbocycles. The van der Waals surface area contributed by atoms with Gasteiger partial charge in [-0.3, -0.25) is 0 Å². The lowest BCUT2D eigenvalue weighted by molar-refractivity contribution is 0.0367. The lowest BCUT2D eigenvalue weighted by Gasteiger charge is -2.07. The third-order valence-electron chi connectivity index (χ3n) is 1.83. The first-order valence-corrected chi connectivity index (χ1v) is 4.65. The Labute approximate surface area is 91.4 Å². The predicted octanol–water partition coefficient (Wildman–Crippen LogP) is 0.763. The van der Waals surface area contributed by atoms with Gasteiger partial charge in [-0.2, -0.15) is 0 Å². The predicted molar refractivity (Wildman–Crippen MR) is 52.2 cm³/mol. The van der Waals surface area contributed by atoms with Crippen molar-refractivity contribution in [3.05, 3.63) is 23.7 Å². The summed E-state index contributed by atoms with van der Waals surface area (Å²) >= 11 is 0. The van der Waals surface area contributed by atoms with Crippen molar-refractivity contribution in [3.63, 3.8) is 0 Å².